The number of nitrogens with zero attached hydrogens (tertiary/aromatic N) is 2. The molecule has 0 amide bonds. The minimum Gasteiger partial charge on any atom is -0.241 e. The average Bonchev–Trinajstić information content (AvgIpc) is 2.84. The van der Waals surface area contributed by atoms with Crippen LogP contribution in [0.15, 0.2) is 61.0 Å². The Bertz CT molecular complexity index is 476. The monoisotopic (exact) mass is 210 g/mol. The third-order valence-electron chi connectivity index (χ3n) is 2.25. The van der Waals surface area contributed by atoms with Crippen LogP contribution in [-0.4, -0.2) is 9.78 Å². The quantitative estimate of drug-likeness (QED) is 0.709. The van der Waals surface area contributed by atoms with Gasteiger partial charge in [-0.25, -0.2) is 4.68 Å². The molecular weight excluding hydrogens is 196 g/mol. The van der Waals surface area contributed by atoms with E-state index in [2.05, 4.69) is 35.4 Å². The van der Waals surface area contributed by atoms with Crippen molar-refractivity contribution in [2.75, 3.05) is 0 Å². The molecular formula is C14H14N2. The molecule has 0 atom stereocenters. The molecule has 0 fully saturated rings. The van der Waals surface area contributed by atoms with Crippen molar-refractivity contribution in [3.05, 3.63) is 66.5 Å². The highest BCUT2D eigenvalue weighted by atomic mass is 15.3. The molecule has 0 saturated heterocycles. The minimum absolute atomic E-state index is 1.08. The lowest BCUT2D eigenvalue weighted by Gasteiger charge is -2.00. The van der Waals surface area contributed by atoms with Crippen LogP contribution in [0.2, 0.25) is 0 Å². The summed E-state index contributed by atoms with van der Waals surface area (Å²) >= 11 is 0. The van der Waals surface area contributed by atoms with E-state index < -0.39 is 0 Å². The van der Waals surface area contributed by atoms with Crippen molar-refractivity contribution in [3.8, 4) is 5.69 Å². The van der Waals surface area contributed by atoms with Crippen LogP contribution in [0, 0.1) is 0 Å². The van der Waals surface area contributed by atoms with Gasteiger partial charge in [0.15, 0.2) is 0 Å². The van der Waals surface area contributed by atoms with E-state index >= 15 is 0 Å². The van der Waals surface area contributed by atoms with E-state index in [1.165, 1.54) is 5.56 Å². The van der Waals surface area contributed by atoms with Crippen LogP contribution in [0.4, 0.5) is 0 Å². The van der Waals surface area contributed by atoms with Crippen molar-refractivity contribution in [2.45, 2.75) is 6.92 Å². The highest BCUT2D eigenvalue weighted by Crippen LogP contribution is 2.09. The van der Waals surface area contributed by atoms with Crippen molar-refractivity contribution >= 4 is 6.08 Å². The van der Waals surface area contributed by atoms with E-state index in [1.54, 1.807) is 6.20 Å². The van der Waals surface area contributed by atoms with E-state index in [1.807, 2.05) is 42.1 Å². The van der Waals surface area contributed by atoms with Gasteiger partial charge in [-0.15, -0.1) is 0 Å². The second-order valence-corrected chi connectivity index (χ2v) is 3.43. The van der Waals surface area contributed by atoms with E-state index in [0.29, 0.717) is 0 Å². The van der Waals surface area contributed by atoms with E-state index in [0.717, 1.165) is 5.69 Å². The molecule has 0 N–H and O–H groups in total. The summed E-state index contributed by atoms with van der Waals surface area (Å²) < 4.78 is 1.85. The van der Waals surface area contributed by atoms with Gasteiger partial charge in [0.05, 0.1) is 5.69 Å². The molecule has 2 nitrogen and oxygen atoms in total. The second kappa shape index (κ2) is 5.12. The number of hydrogen-bond donors (Lipinski definition) is 0. The fourth-order valence-corrected chi connectivity index (χ4v) is 1.44. The predicted octanol–water partition coefficient (Wildman–Crippen LogP) is 3.46. The third kappa shape index (κ3) is 2.48. The van der Waals surface area contributed by atoms with Crippen LogP contribution < -0.4 is 0 Å². The molecule has 0 unspecified atom stereocenters. The van der Waals surface area contributed by atoms with Gasteiger partial charge in [0.1, 0.15) is 0 Å². The number of aromatic nitrogens is 2. The fourth-order valence-electron chi connectivity index (χ4n) is 1.44. The summed E-state index contributed by atoms with van der Waals surface area (Å²) in [6.07, 6.45) is 11.8. The molecule has 0 aliphatic heterocycles. The molecule has 0 saturated carbocycles. The number of allylic oxidation sites excluding steroid dienone is 3. The first-order chi connectivity index (χ1) is 7.90. The standard InChI is InChI=1S/C14H14N2/c1-2-3-4-6-13-7-9-14(10-8-13)16-12-5-11-15-16/h2-12H,1H3/b3-2+,6-4+. The Morgan fingerprint density at radius 2 is 1.94 bits per heavy atom. The zero-order valence-corrected chi connectivity index (χ0v) is 9.25. The van der Waals surface area contributed by atoms with Crippen molar-refractivity contribution < 1.29 is 0 Å². The second-order valence-electron chi connectivity index (χ2n) is 3.43. The van der Waals surface area contributed by atoms with Gasteiger partial charge in [-0.3, -0.25) is 0 Å². The van der Waals surface area contributed by atoms with Gasteiger partial charge >= 0.3 is 0 Å². The van der Waals surface area contributed by atoms with Gasteiger partial charge in [-0.2, -0.15) is 5.10 Å². The van der Waals surface area contributed by atoms with Crippen molar-refractivity contribution in [2.24, 2.45) is 0 Å². The summed E-state index contributed by atoms with van der Waals surface area (Å²) in [7, 11) is 0. The van der Waals surface area contributed by atoms with Crippen LogP contribution in [0.5, 0.6) is 0 Å². The van der Waals surface area contributed by atoms with Crippen LogP contribution >= 0.6 is 0 Å². The topological polar surface area (TPSA) is 17.8 Å². The molecule has 0 aliphatic carbocycles. The molecule has 1 heterocycles. The van der Waals surface area contributed by atoms with Crippen LogP contribution in [0.3, 0.4) is 0 Å². The highest BCUT2D eigenvalue weighted by Gasteiger charge is 1.94. The molecule has 0 spiro atoms. The normalized spacial score (nSPS) is 11.6. The Morgan fingerprint density at radius 3 is 2.56 bits per heavy atom. The fraction of sp³-hybridized carbons (Fsp3) is 0.0714. The summed E-state index contributed by atoms with van der Waals surface area (Å²) in [4.78, 5) is 0. The number of rotatable bonds is 3. The Morgan fingerprint density at radius 1 is 1.12 bits per heavy atom. The van der Waals surface area contributed by atoms with Crippen molar-refractivity contribution in [1.82, 2.24) is 9.78 Å². The van der Waals surface area contributed by atoms with Gasteiger partial charge in [0, 0.05) is 12.4 Å². The third-order valence-corrected chi connectivity index (χ3v) is 2.25. The molecule has 2 heteroatoms. The smallest absolute Gasteiger partial charge is 0.0645 e. The predicted molar refractivity (Wildman–Crippen MR) is 67.4 cm³/mol. The molecule has 0 bridgehead atoms. The zero-order valence-electron chi connectivity index (χ0n) is 9.25. The Kier molecular flexibility index (Phi) is 3.34. The summed E-state index contributed by atoms with van der Waals surface area (Å²) in [5.74, 6) is 0. The zero-order chi connectivity index (χ0) is 11.2. The summed E-state index contributed by atoms with van der Waals surface area (Å²) in [5, 5.41) is 4.18. The maximum Gasteiger partial charge on any atom is 0.0645 e. The molecule has 0 radical (unpaired) electrons. The highest BCUT2D eigenvalue weighted by molar-refractivity contribution is 5.53. The first-order valence-electron chi connectivity index (χ1n) is 5.29. The van der Waals surface area contributed by atoms with E-state index in [9.17, 15) is 0 Å². The first kappa shape index (κ1) is 10.4. The molecule has 2 rings (SSSR count). The Hall–Kier alpha value is -2.09. The van der Waals surface area contributed by atoms with Gasteiger partial charge in [0.25, 0.3) is 0 Å². The molecule has 2 aromatic rings. The molecule has 1 aromatic carbocycles. The molecule has 16 heavy (non-hydrogen) atoms. The van der Waals surface area contributed by atoms with Gasteiger partial charge in [-0.05, 0) is 30.7 Å². The molecule has 1 aromatic heterocycles. The minimum atomic E-state index is 1.08. The largest absolute Gasteiger partial charge is 0.241 e. The molecule has 80 valence electrons. The summed E-state index contributed by atoms with van der Waals surface area (Å²) in [6.45, 7) is 2.01. The maximum atomic E-state index is 4.18. The summed E-state index contributed by atoms with van der Waals surface area (Å²) in [6, 6.07) is 10.2. The summed E-state index contributed by atoms with van der Waals surface area (Å²) in [5.41, 5.74) is 2.27. The maximum absolute atomic E-state index is 4.18. The van der Waals surface area contributed by atoms with E-state index in [-0.39, 0.29) is 0 Å². The van der Waals surface area contributed by atoms with Gasteiger partial charge in [0.2, 0.25) is 0 Å². The van der Waals surface area contributed by atoms with Gasteiger partial charge < -0.3 is 0 Å². The van der Waals surface area contributed by atoms with Crippen LogP contribution in [-0.2, 0) is 0 Å². The Balaban J connectivity index is 2.17. The van der Waals surface area contributed by atoms with E-state index in [4.69, 9.17) is 0 Å². The van der Waals surface area contributed by atoms with Crippen molar-refractivity contribution in [3.63, 3.8) is 0 Å². The van der Waals surface area contributed by atoms with Crippen LogP contribution in [0.25, 0.3) is 11.8 Å². The van der Waals surface area contributed by atoms with Gasteiger partial charge in [-0.1, -0.05) is 36.4 Å². The average molecular weight is 210 g/mol. The lowest BCUT2D eigenvalue weighted by molar-refractivity contribution is 0.880. The van der Waals surface area contributed by atoms with Crippen molar-refractivity contribution in [1.29, 1.82) is 0 Å². The lowest BCUT2D eigenvalue weighted by Crippen LogP contribution is -1.93. The first-order valence-corrected chi connectivity index (χ1v) is 5.29. The number of benzene rings is 1. The lowest BCUT2D eigenvalue weighted by atomic mass is 10.2. The Labute approximate surface area is 95.5 Å². The number of hydrogen-bond acceptors (Lipinski definition) is 1. The van der Waals surface area contributed by atoms with Crippen LogP contribution in [0.1, 0.15) is 12.5 Å². The SMILES string of the molecule is C/C=C/C=C/c1ccc(-n2cccn2)cc1. The molecule has 0 aliphatic rings.